The molecule has 18 heteroatoms. The van der Waals surface area contributed by atoms with Crippen molar-refractivity contribution in [1.29, 1.82) is 0 Å². The maximum absolute atomic E-state index is 14.3. The van der Waals surface area contributed by atoms with Crippen LogP contribution in [0.5, 0.6) is 5.75 Å². The number of anilines is 1. The molecule has 3 aromatic heterocycles. The Bertz CT molecular complexity index is 3000. The number of fused-ring (bicyclic) bond motifs is 2. The third kappa shape index (κ3) is 9.72. The number of rotatable bonds is 12. The van der Waals surface area contributed by atoms with Crippen molar-refractivity contribution in [2.75, 3.05) is 63.9 Å². The number of aromatic nitrogens is 4. The number of nitro groups is 1. The number of H-pyrrole nitrogens is 1. The average Bonchev–Trinajstić information content (AvgIpc) is 3.98. The molecular formula is C50H56ClN9O7S. The minimum Gasteiger partial charge on any atom is -0.483 e. The van der Waals surface area contributed by atoms with Gasteiger partial charge in [-0.15, -0.1) is 0 Å². The minimum absolute atomic E-state index is 0.0167. The van der Waals surface area contributed by atoms with E-state index < -0.39 is 31.4 Å². The summed E-state index contributed by atoms with van der Waals surface area (Å²) < 4.78 is 43.4. The third-order valence-corrected chi connectivity index (χ3v) is 15.8. The number of hydrogen-bond acceptors (Lipinski definition) is 12. The summed E-state index contributed by atoms with van der Waals surface area (Å²) in [6.45, 7) is 11.8. The SMILES string of the molecule is CC1(C)CCC(CN2CCN(c3ccc(C(=O)NS(=O)(=O)c4ccc(OC5CCN(C6CCOCC6)CC5)c([N+](=O)[O-])c4)c(-n4ncc5nc6[nH]ccc6cc54)c3)CC2)=C(c2ccc(Cl)cc2)C1. The van der Waals surface area contributed by atoms with Crippen molar-refractivity contribution in [3.8, 4) is 11.4 Å². The summed E-state index contributed by atoms with van der Waals surface area (Å²) in [5, 5.41) is 18.6. The number of nitrogens with zero attached hydrogens (tertiary/aromatic N) is 7. The Morgan fingerprint density at radius 1 is 0.971 bits per heavy atom. The Hall–Kier alpha value is -5.85. The molecular weight excluding hydrogens is 906 g/mol. The molecule has 68 heavy (non-hydrogen) atoms. The number of pyridine rings is 1. The van der Waals surface area contributed by atoms with Crippen LogP contribution >= 0.6 is 11.6 Å². The maximum Gasteiger partial charge on any atom is 0.312 e. The van der Waals surface area contributed by atoms with E-state index in [0.717, 1.165) is 113 Å². The summed E-state index contributed by atoms with van der Waals surface area (Å²) >= 11 is 6.27. The fourth-order valence-corrected chi connectivity index (χ4v) is 11.4. The van der Waals surface area contributed by atoms with Gasteiger partial charge in [0.05, 0.1) is 32.8 Å². The predicted octanol–water partition coefficient (Wildman–Crippen LogP) is 8.39. The Balaban J connectivity index is 0.884. The van der Waals surface area contributed by atoms with Gasteiger partial charge in [0, 0.05) is 93.4 Å². The summed E-state index contributed by atoms with van der Waals surface area (Å²) in [5.74, 6) is -0.938. The molecule has 10 rings (SSSR count). The second kappa shape index (κ2) is 18.9. The number of likely N-dealkylation sites (tertiary alicyclic amines) is 1. The van der Waals surface area contributed by atoms with E-state index in [1.165, 1.54) is 28.8 Å². The van der Waals surface area contributed by atoms with Crippen molar-refractivity contribution >= 4 is 66.5 Å². The molecule has 3 aliphatic heterocycles. The highest BCUT2D eigenvalue weighted by molar-refractivity contribution is 7.90. The zero-order valence-electron chi connectivity index (χ0n) is 38.3. The van der Waals surface area contributed by atoms with Gasteiger partial charge >= 0.3 is 5.69 Å². The highest BCUT2D eigenvalue weighted by Crippen LogP contribution is 2.43. The normalized spacial score (nSPS) is 19.2. The quantitative estimate of drug-likeness (QED) is 0.0885. The summed E-state index contributed by atoms with van der Waals surface area (Å²) in [4.78, 5) is 40.6. The number of benzene rings is 3. The Kier molecular flexibility index (Phi) is 12.8. The monoisotopic (exact) mass is 961 g/mol. The van der Waals surface area contributed by atoms with Gasteiger partial charge in [-0.1, -0.05) is 43.2 Å². The van der Waals surface area contributed by atoms with Crippen LogP contribution in [0.15, 0.2) is 95.7 Å². The standard InChI is InChI=1S/C50H56ClN9O7S/c1-50(2)17-11-35(42(30-50)33-3-5-36(51)6-4-33)32-56-21-23-58(24-22-56)38-7-9-41(44(28-38)59-45-27-34-12-18-52-48(34)54-43(45)31-53-59)49(61)55-68(64,65)40-8-10-47(46(29-40)60(62)63)67-39-13-19-57(20-14-39)37-15-25-66-26-16-37/h3-10,12,18,27-29,31,37,39H,11,13-17,19-26,30,32H2,1-2H3,(H,52,54)(H,55,61). The first kappa shape index (κ1) is 45.9. The molecule has 16 nitrogen and oxygen atoms in total. The van der Waals surface area contributed by atoms with Crippen LogP contribution in [0, 0.1) is 15.5 Å². The van der Waals surface area contributed by atoms with Crippen LogP contribution in [0.25, 0.3) is 33.3 Å². The molecule has 0 saturated carbocycles. The molecule has 0 radical (unpaired) electrons. The number of piperidine rings is 1. The fraction of sp³-hybridized carbons (Fsp3) is 0.420. The second-order valence-corrected chi connectivity index (χ2v) is 21.4. The molecule has 6 heterocycles. The van der Waals surface area contributed by atoms with Gasteiger partial charge in [0.2, 0.25) is 0 Å². The lowest BCUT2D eigenvalue weighted by Gasteiger charge is -2.39. The van der Waals surface area contributed by atoms with E-state index in [1.54, 1.807) is 23.1 Å². The molecule has 1 amide bonds. The van der Waals surface area contributed by atoms with Crippen LogP contribution in [0.1, 0.15) is 74.7 Å². The first-order valence-electron chi connectivity index (χ1n) is 23.5. The third-order valence-electron chi connectivity index (χ3n) is 14.2. The molecule has 3 saturated heterocycles. The number of sulfonamides is 1. The highest BCUT2D eigenvalue weighted by Gasteiger charge is 2.33. The number of piperazine rings is 1. The number of amides is 1. The summed E-state index contributed by atoms with van der Waals surface area (Å²) in [7, 11) is -4.61. The summed E-state index contributed by atoms with van der Waals surface area (Å²) in [5.41, 5.74) is 6.96. The molecule has 0 bridgehead atoms. The first-order valence-corrected chi connectivity index (χ1v) is 25.4. The number of halogens is 1. The van der Waals surface area contributed by atoms with Gasteiger partial charge < -0.3 is 19.4 Å². The van der Waals surface area contributed by atoms with Crippen molar-refractivity contribution in [1.82, 2.24) is 34.3 Å². The van der Waals surface area contributed by atoms with E-state index in [4.69, 9.17) is 26.1 Å². The lowest BCUT2D eigenvalue weighted by molar-refractivity contribution is -0.386. The lowest BCUT2D eigenvalue weighted by Crippen LogP contribution is -2.47. The summed E-state index contributed by atoms with van der Waals surface area (Å²) in [6.07, 6.45) is 9.66. The Morgan fingerprint density at radius 3 is 2.49 bits per heavy atom. The molecule has 0 unspecified atom stereocenters. The molecule has 3 aromatic carbocycles. The molecule has 0 atom stereocenters. The molecule has 3 fully saturated rings. The van der Waals surface area contributed by atoms with Crippen molar-refractivity contribution in [2.24, 2.45) is 5.41 Å². The molecule has 6 aromatic rings. The number of carbonyl (C=O) groups excluding carboxylic acids is 1. The first-order chi connectivity index (χ1) is 32.8. The van der Waals surface area contributed by atoms with E-state index in [9.17, 15) is 23.3 Å². The van der Waals surface area contributed by atoms with Gasteiger partial charge in [0.1, 0.15) is 17.3 Å². The number of nitrogens with one attached hydrogen (secondary N) is 2. The van der Waals surface area contributed by atoms with Gasteiger partial charge in [-0.25, -0.2) is 22.8 Å². The van der Waals surface area contributed by atoms with Crippen molar-refractivity contribution in [2.45, 2.75) is 75.8 Å². The Labute approximate surface area is 400 Å². The fourth-order valence-electron chi connectivity index (χ4n) is 10.3. The predicted molar refractivity (Wildman–Crippen MR) is 262 cm³/mol. The molecule has 0 spiro atoms. The van der Waals surface area contributed by atoms with Crippen LogP contribution < -0.4 is 14.4 Å². The lowest BCUT2D eigenvalue weighted by atomic mass is 9.72. The van der Waals surface area contributed by atoms with Crippen LogP contribution in [0.3, 0.4) is 0 Å². The maximum atomic E-state index is 14.3. The van der Waals surface area contributed by atoms with Crippen molar-refractivity contribution < 1.29 is 27.6 Å². The minimum atomic E-state index is -4.61. The molecule has 1 aliphatic carbocycles. The van der Waals surface area contributed by atoms with Gasteiger partial charge in [0.25, 0.3) is 15.9 Å². The second-order valence-electron chi connectivity index (χ2n) is 19.3. The molecule has 4 aliphatic rings. The average molecular weight is 963 g/mol. The van der Waals surface area contributed by atoms with E-state index in [2.05, 4.69) is 55.5 Å². The van der Waals surface area contributed by atoms with Crippen LogP contribution in [-0.2, 0) is 14.8 Å². The number of nitro benzene ring substituents is 1. The number of carbonyl (C=O) groups is 1. The summed E-state index contributed by atoms with van der Waals surface area (Å²) in [6, 6.07) is 21.2. The number of ether oxygens (including phenoxy) is 2. The van der Waals surface area contributed by atoms with E-state index >= 15 is 0 Å². The van der Waals surface area contributed by atoms with Crippen LogP contribution in [-0.4, -0.2) is 120 Å². The largest absolute Gasteiger partial charge is 0.483 e. The van der Waals surface area contributed by atoms with Crippen LogP contribution in [0.4, 0.5) is 11.4 Å². The van der Waals surface area contributed by atoms with Crippen molar-refractivity contribution in [3.63, 3.8) is 0 Å². The van der Waals surface area contributed by atoms with Gasteiger partial charge in [-0.3, -0.25) is 24.7 Å². The molecule has 356 valence electrons. The number of allylic oxidation sites excluding steroid dienone is 1. The van der Waals surface area contributed by atoms with E-state index in [0.29, 0.717) is 41.3 Å². The van der Waals surface area contributed by atoms with Crippen molar-refractivity contribution in [3.05, 3.63) is 117 Å². The number of hydrogen-bond donors (Lipinski definition) is 2. The van der Waals surface area contributed by atoms with E-state index in [-0.39, 0.29) is 22.8 Å². The van der Waals surface area contributed by atoms with Gasteiger partial charge in [-0.05, 0) is 116 Å². The van der Waals surface area contributed by atoms with Gasteiger partial charge in [-0.2, -0.15) is 5.10 Å². The zero-order chi connectivity index (χ0) is 47.2. The number of aromatic amines is 1. The van der Waals surface area contributed by atoms with E-state index in [1.807, 2.05) is 36.4 Å². The van der Waals surface area contributed by atoms with Crippen LogP contribution in [0.2, 0.25) is 5.02 Å². The zero-order valence-corrected chi connectivity index (χ0v) is 39.9. The Morgan fingerprint density at radius 2 is 1.74 bits per heavy atom. The highest BCUT2D eigenvalue weighted by atomic mass is 35.5. The smallest absolute Gasteiger partial charge is 0.312 e. The molecule has 2 N–H and O–H groups in total. The van der Waals surface area contributed by atoms with Gasteiger partial charge in [0.15, 0.2) is 5.75 Å². The topological polar surface area (TPSA) is 181 Å².